The largest absolute Gasteiger partial charge is 0.496 e. The van der Waals surface area contributed by atoms with E-state index in [1.807, 2.05) is 18.2 Å². The Morgan fingerprint density at radius 1 is 1.30 bits per heavy atom. The van der Waals surface area contributed by atoms with Gasteiger partial charge in [0.2, 0.25) is 0 Å². The summed E-state index contributed by atoms with van der Waals surface area (Å²) >= 11 is 3.47. The van der Waals surface area contributed by atoms with E-state index in [9.17, 15) is 5.26 Å². The van der Waals surface area contributed by atoms with Crippen molar-refractivity contribution in [3.8, 4) is 11.8 Å². The third-order valence-corrected chi connectivity index (χ3v) is 4.38. The molecule has 1 saturated carbocycles. The summed E-state index contributed by atoms with van der Waals surface area (Å²) in [6.07, 6.45) is 7.46. The highest BCUT2D eigenvalue weighted by Crippen LogP contribution is 2.29. The lowest BCUT2D eigenvalue weighted by atomic mass is 10.0. The van der Waals surface area contributed by atoms with Gasteiger partial charge in [0, 0.05) is 16.1 Å². The fourth-order valence-electron chi connectivity index (χ4n) is 2.81. The molecule has 1 atom stereocenters. The molecule has 3 nitrogen and oxygen atoms in total. The number of nitriles is 1. The van der Waals surface area contributed by atoms with Gasteiger partial charge in [0.25, 0.3) is 0 Å². The maximum Gasteiger partial charge on any atom is 0.125 e. The van der Waals surface area contributed by atoms with E-state index in [2.05, 4.69) is 27.3 Å². The molecule has 0 bridgehead atoms. The lowest BCUT2D eigenvalue weighted by Crippen LogP contribution is -2.32. The van der Waals surface area contributed by atoms with E-state index in [0.29, 0.717) is 6.04 Å². The minimum atomic E-state index is -0.314. The molecule has 0 radical (unpaired) electrons. The summed E-state index contributed by atoms with van der Waals surface area (Å²) in [7, 11) is 1.65. The van der Waals surface area contributed by atoms with Crippen LogP contribution in [0.25, 0.3) is 0 Å². The molecule has 1 aliphatic carbocycles. The molecule has 1 fully saturated rings. The van der Waals surface area contributed by atoms with Gasteiger partial charge in [-0.15, -0.1) is 0 Å². The molecule has 0 heterocycles. The zero-order valence-corrected chi connectivity index (χ0v) is 13.4. The van der Waals surface area contributed by atoms with Crippen molar-refractivity contribution in [3.63, 3.8) is 0 Å². The van der Waals surface area contributed by atoms with Crippen LogP contribution in [0, 0.1) is 11.3 Å². The molecular weight excluding hydrogens is 316 g/mol. The molecule has 2 rings (SSSR count). The van der Waals surface area contributed by atoms with E-state index in [0.717, 1.165) is 28.6 Å². The van der Waals surface area contributed by atoms with Gasteiger partial charge in [-0.05, 0) is 31.0 Å². The zero-order valence-electron chi connectivity index (χ0n) is 11.9. The minimum Gasteiger partial charge on any atom is -0.496 e. The van der Waals surface area contributed by atoms with Crippen LogP contribution in [0.4, 0.5) is 0 Å². The highest BCUT2D eigenvalue weighted by Gasteiger charge is 2.21. The number of methoxy groups -OCH3 is 1. The molecule has 0 aromatic heterocycles. The first-order chi connectivity index (χ1) is 9.74. The van der Waals surface area contributed by atoms with E-state index in [1.54, 1.807) is 7.11 Å². The molecule has 1 N–H and O–H groups in total. The molecule has 0 aliphatic heterocycles. The summed E-state index contributed by atoms with van der Waals surface area (Å²) in [6, 6.07) is 8.30. The first-order valence-electron chi connectivity index (χ1n) is 7.23. The van der Waals surface area contributed by atoms with Gasteiger partial charge in [-0.2, -0.15) is 5.26 Å². The van der Waals surface area contributed by atoms with E-state index >= 15 is 0 Å². The Kier molecular flexibility index (Phi) is 5.87. The van der Waals surface area contributed by atoms with Gasteiger partial charge in [0.15, 0.2) is 0 Å². The zero-order chi connectivity index (χ0) is 14.4. The summed E-state index contributed by atoms with van der Waals surface area (Å²) in [4.78, 5) is 0. The number of hydrogen-bond donors (Lipinski definition) is 1. The average molecular weight is 337 g/mol. The first kappa shape index (κ1) is 15.3. The molecule has 1 aliphatic rings. The Hall–Kier alpha value is -1.05. The van der Waals surface area contributed by atoms with Gasteiger partial charge >= 0.3 is 0 Å². The van der Waals surface area contributed by atoms with E-state index in [4.69, 9.17) is 4.74 Å². The fourth-order valence-corrected chi connectivity index (χ4v) is 3.19. The minimum absolute atomic E-state index is 0.314. The molecule has 0 saturated heterocycles. The molecule has 20 heavy (non-hydrogen) atoms. The van der Waals surface area contributed by atoms with Gasteiger partial charge in [-0.1, -0.05) is 41.6 Å². The van der Waals surface area contributed by atoms with Crippen molar-refractivity contribution < 1.29 is 4.74 Å². The van der Waals surface area contributed by atoms with Crippen LogP contribution >= 0.6 is 15.9 Å². The van der Waals surface area contributed by atoms with Crippen LogP contribution in [0.15, 0.2) is 22.7 Å². The predicted molar refractivity (Wildman–Crippen MR) is 83.7 cm³/mol. The summed E-state index contributed by atoms with van der Waals surface area (Å²) in [5, 5.41) is 13.0. The SMILES string of the molecule is COc1ccc(Br)cc1C(C#N)NC1CCCCCC1. The van der Waals surface area contributed by atoms with Gasteiger partial charge in [-0.3, -0.25) is 5.32 Å². The maximum atomic E-state index is 9.51. The lowest BCUT2D eigenvalue weighted by Gasteiger charge is -2.22. The molecule has 0 amide bonds. The summed E-state index contributed by atoms with van der Waals surface area (Å²) in [5.74, 6) is 0.765. The highest BCUT2D eigenvalue weighted by atomic mass is 79.9. The van der Waals surface area contributed by atoms with Crippen LogP contribution in [0.1, 0.15) is 50.1 Å². The fraction of sp³-hybridized carbons (Fsp3) is 0.562. The van der Waals surface area contributed by atoms with Crippen LogP contribution in [0.2, 0.25) is 0 Å². The van der Waals surface area contributed by atoms with Crippen molar-refractivity contribution in [2.75, 3.05) is 7.11 Å². The van der Waals surface area contributed by atoms with E-state index in [-0.39, 0.29) is 6.04 Å². The number of hydrogen-bond acceptors (Lipinski definition) is 3. The molecule has 1 unspecified atom stereocenters. The molecule has 1 aromatic carbocycles. The monoisotopic (exact) mass is 336 g/mol. The van der Waals surface area contributed by atoms with Crippen LogP contribution in [-0.2, 0) is 0 Å². The second-order valence-corrected chi connectivity index (χ2v) is 6.22. The summed E-state index contributed by atoms with van der Waals surface area (Å²) in [6.45, 7) is 0. The predicted octanol–water partition coefficient (Wildman–Crippen LogP) is 4.33. The van der Waals surface area contributed by atoms with Gasteiger partial charge < -0.3 is 4.74 Å². The maximum absolute atomic E-state index is 9.51. The van der Waals surface area contributed by atoms with Gasteiger partial charge in [0.1, 0.15) is 11.8 Å². The average Bonchev–Trinajstić information content (AvgIpc) is 2.73. The Morgan fingerprint density at radius 2 is 2.00 bits per heavy atom. The molecule has 4 heteroatoms. The number of benzene rings is 1. The molecule has 1 aromatic rings. The van der Waals surface area contributed by atoms with Crippen molar-refractivity contribution in [1.82, 2.24) is 5.32 Å². The number of halogens is 1. The van der Waals surface area contributed by atoms with Crippen molar-refractivity contribution in [3.05, 3.63) is 28.2 Å². The van der Waals surface area contributed by atoms with Crippen molar-refractivity contribution in [1.29, 1.82) is 5.26 Å². The quantitative estimate of drug-likeness (QED) is 0.832. The second-order valence-electron chi connectivity index (χ2n) is 5.30. The van der Waals surface area contributed by atoms with Crippen LogP contribution in [-0.4, -0.2) is 13.2 Å². The first-order valence-corrected chi connectivity index (χ1v) is 8.03. The summed E-state index contributed by atoms with van der Waals surface area (Å²) < 4.78 is 6.35. The Bertz CT molecular complexity index is 476. The standard InChI is InChI=1S/C16H21BrN2O/c1-20-16-9-8-12(17)10-14(16)15(11-18)19-13-6-4-2-3-5-7-13/h8-10,13,15,19H,2-7H2,1H3. The smallest absolute Gasteiger partial charge is 0.125 e. The third-order valence-electron chi connectivity index (χ3n) is 3.89. The summed E-state index contributed by atoms with van der Waals surface area (Å²) in [5.41, 5.74) is 0.911. The van der Waals surface area contributed by atoms with E-state index in [1.165, 1.54) is 25.7 Å². The third kappa shape index (κ3) is 3.97. The number of rotatable bonds is 4. The Morgan fingerprint density at radius 3 is 2.60 bits per heavy atom. The van der Waals surface area contributed by atoms with Crippen LogP contribution < -0.4 is 10.1 Å². The van der Waals surface area contributed by atoms with Gasteiger partial charge in [0.05, 0.1) is 13.2 Å². The van der Waals surface area contributed by atoms with E-state index < -0.39 is 0 Å². The Labute approximate surface area is 129 Å². The highest BCUT2D eigenvalue weighted by molar-refractivity contribution is 9.10. The number of nitrogens with one attached hydrogen (secondary N) is 1. The normalized spacial score (nSPS) is 18.1. The number of ether oxygens (including phenoxy) is 1. The topological polar surface area (TPSA) is 45.0 Å². The van der Waals surface area contributed by atoms with Gasteiger partial charge in [-0.25, -0.2) is 0 Å². The molecular formula is C16H21BrN2O. The molecule has 0 spiro atoms. The lowest BCUT2D eigenvalue weighted by molar-refractivity contribution is 0.393. The molecule has 108 valence electrons. The Balaban J connectivity index is 2.15. The number of nitrogens with zero attached hydrogens (tertiary/aromatic N) is 1. The van der Waals surface area contributed by atoms with Crippen LogP contribution in [0.3, 0.4) is 0 Å². The van der Waals surface area contributed by atoms with Crippen LogP contribution in [0.5, 0.6) is 5.75 Å². The second kappa shape index (κ2) is 7.66. The van der Waals surface area contributed by atoms with Crippen molar-refractivity contribution in [2.24, 2.45) is 0 Å². The van der Waals surface area contributed by atoms with Crippen molar-refractivity contribution in [2.45, 2.75) is 50.6 Å². The van der Waals surface area contributed by atoms with Crippen molar-refractivity contribution >= 4 is 15.9 Å².